The number of nitrogens with zero attached hydrogens (tertiary/aromatic N) is 1. The first-order valence-corrected chi connectivity index (χ1v) is 6.90. The molecule has 1 atom stereocenters. The Hall–Kier alpha value is -1.87. The smallest absolute Gasteiger partial charge is 0.118 e. The van der Waals surface area contributed by atoms with Gasteiger partial charge in [0.2, 0.25) is 0 Å². The molecule has 1 aromatic heterocycles. The molecule has 3 nitrogen and oxygen atoms in total. The lowest BCUT2D eigenvalue weighted by Gasteiger charge is -2.10. The second-order valence-electron chi connectivity index (χ2n) is 5.07. The van der Waals surface area contributed by atoms with Crippen LogP contribution >= 0.6 is 0 Å². The normalized spacial score (nSPS) is 12.2. The van der Waals surface area contributed by atoms with Gasteiger partial charge in [-0.15, -0.1) is 0 Å². The zero-order valence-electron chi connectivity index (χ0n) is 12.0. The van der Waals surface area contributed by atoms with Crippen LogP contribution in [0.2, 0.25) is 0 Å². The molecule has 1 N–H and O–H groups in total. The minimum absolute atomic E-state index is 0.354. The number of rotatable bonds is 6. The van der Waals surface area contributed by atoms with Gasteiger partial charge >= 0.3 is 0 Å². The van der Waals surface area contributed by atoms with Crippen molar-refractivity contribution in [2.24, 2.45) is 0 Å². The number of aryl methyl sites for hydroxylation is 2. The summed E-state index contributed by atoms with van der Waals surface area (Å²) in [6.45, 7) is 2.01. The van der Waals surface area contributed by atoms with Gasteiger partial charge in [-0.3, -0.25) is 4.98 Å². The Morgan fingerprint density at radius 3 is 2.50 bits per heavy atom. The molecule has 0 saturated heterocycles. The maximum absolute atomic E-state index is 10.1. The van der Waals surface area contributed by atoms with E-state index in [-0.39, 0.29) is 6.10 Å². The molecule has 1 unspecified atom stereocenters. The van der Waals surface area contributed by atoms with E-state index in [2.05, 4.69) is 4.98 Å². The van der Waals surface area contributed by atoms with Crippen molar-refractivity contribution in [3.8, 4) is 5.75 Å². The molecule has 0 spiro atoms. The minimum Gasteiger partial charge on any atom is -0.497 e. The maximum atomic E-state index is 10.1. The number of hydrogen-bond donors (Lipinski definition) is 1. The van der Waals surface area contributed by atoms with E-state index in [0.29, 0.717) is 6.42 Å². The van der Waals surface area contributed by atoms with Crippen LogP contribution in [0.1, 0.15) is 23.2 Å². The molecule has 0 aliphatic heterocycles. The number of aliphatic hydroxyl groups is 1. The lowest BCUT2D eigenvalue weighted by atomic mass is 10.0. The zero-order valence-corrected chi connectivity index (χ0v) is 12.0. The summed E-state index contributed by atoms with van der Waals surface area (Å²) in [4.78, 5) is 4.32. The van der Waals surface area contributed by atoms with Crippen LogP contribution in [0, 0.1) is 6.92 Å². The summed E-state index contributed by atoms with van der Waals surface area (Å²) in [6.07, 6.45) is 3.69. The van der Waals surface area contributed by atoms with Crippen molar-refractivity contribution in [2.75, 3.05) is 7.11 Å². The fourth-order valence-electron chi connectivity index (χ4n) is 2.09. The van der Waals surface area contributed by atoms with E-state index in [1.165, 1.54) is 5.56 Å². The van der Waals surface area contributed by atoms with Crippen LogP contribution in [0.25, 0.3) is 0 Å². The summed E-state index contributed by atoms with van der Waals surface area (Å²) in [5.74, 6) is 0.859. The van der Waals surface area contributed by atoms with Crippen molar-refractivity contribution < 1.29 is 9.84 Å². The molecule has 1 heterocycles. The topological polar surface area (TPSA) is 42.4 Å². The largest absolute Gasteiger partial charge is 0.497 e. The molecule has 0 bridgehead atoms. The number of ether oxygens (including phenoxy) is 1. The molecular weight excluding hydrogens is 250 g/mol. The highest BCUT2D eigenvalue weighted by Crippen LogP contribution is 2.14. The third-order valence-electron chi connectivity index (χ3n) is 3.34. The SMILES string of the molecule is COc1ccc(CCC(O)Cc2ccc(C)cn2)cc1. The third-order valence-corrected chi connectivity index (χ3v) is 3.34. The summed E-state index contributed by atoms with van der Waals surface area (Å²) in [5.41, 5.74) is 3.29. The van der Waals surface area contributed by atoms with Crippen LogP contribution in [0.4, 0.5) is 0 Å². The van der Waals surface area contributed by atoms with E-state index in [0.717, 1.165) is 29.8 Å². The molecule has 3 heteroatoms. The first kappa shape index (κ1) is 14.5. The second-order valence-corrected chi connectivity index (χ2v) is 5.07. The van der Waals surface area contributed by atoms with E-state index in [1.807, 2.05) is 49.5 Å². The molecule has 106 valence electrons. The van der Waals surface area contributed by atoms with Gasteiger partial charge in [0, 0.05) is 18.3 Å². The van der Waals surface area contributed by atoms with Gasteiger partial charge in [0.25, 0.3) is 0 Å². The lowest BCUT2D eigenvalue weighted by molar-refractivity contribution is 0.164. The van der Waals surface area contributed by atoms with Gasteiger partial charge in [-0.05, 0) is 49.1 Å². The van der Waals surface area contributed by atoms with Crippen LogP contribution in [0.15, 0.2) is 42.6 Å². The van der Waals surface area contributed by atoms with Gasteiger partial charge in [-0.2, -0.15) is 0 Å². The molecule has 2 aromatic rings. The number of aliphatic hydroxyl groups excluding tert-OH is 1. The van der Waals surface area contributed by atoms with Gasteiger partial charge in [0.1, 0.15) is 5.75 Å². The molecule has 0 amide bonds. The average molecular weight is 271 g/mol. The molecule has 0 aliphatic rings. The Labute approximate surface area is 120 Å². The van der Waals surface area contributed by atoms with Gasteiger partial charge in [-0.1, -0.05) is 18.2 Å². The van der Waals surface area contributed by atoms with Crippen LogP contribution in [-0.4, -0.2) is 23.3 Å². The van der Waals surface area contributed by atoms with E-state index in [4.69, 9.17) is 4.74 Å². The number of aromatic nitrogens is 1. The van der Waals surface area contributed by atoms with Crippen molar-refractivity contribution in [1.29, 1.82) is 0 Å². The van der Waals surface area contributed by atoms with Crippen molar-refractivity contribution in [3.63, 3.8) is 0 Å². The van der Waals surface area contributed by atoms with E-state index >= 15 is 0 Å². The van der Waals surface area contributed by atoms with E-state index in [1.54, 1.807) is 7.11 Å². The number of pyridine rings is 1. The van der Waals surface area contributed by atoms with Crippen LogP contribution in [0.3, 0.4) is 0 Å². The van der Waals surface area contributed by atoms with Crippen molar-refractivity contribution in [1.82, 2.24) is 4.98 Å². The maximum Gasteiger partial charge on any atom is 0.118 e. The van der Waals surface area contributed by atoms with Crippen molar-refractivity contribution >= 4 is 0 Å². The quantitative estimate of drug-likeness (QED) is 0.878. The molecule has 1 aromatic carbocycles. The fourth-order valence-corrected chi connectivity index (χ4v) is 2.09. The van der Waals surface area contributed by atoms with E-state index < -0.39 is 0 Å². The Morgan fingerprint density at radius 2 is 1.90 bits per heavy atom. The van der Waals surface area contributed by atoms with Crippen LogP contribution in [0.5, 0.6) is 5.75 Å². The van der Waals surface area contributed by atoms with E-state index in [9.17, 15) is 5.11 Å². The number of methoxy groups -OCH3 is 1. The summed E-state index contributed by atoms with van der Waals surface area (Å²) in [5, 5.41) is 10.1. The number of hydrogen-bond acceptors (Lipinski definition) is 3. The predicted octanol–water partition coefficient (Wildman–Crippen LogP) is 2.93. The highest BCUT2D eigenvalue weighted by Gasteiger charge is 2.07. The zero-order chi connectivity index (χ0) is 14.4. The standard InChI is InChI=1S/C17H21NO2/c1-13-3-7-15(18-12-13)11-16(19)8-4-14-5-9-17(20-2)10-6-14/h3,5-7,9-10,12,16,19H,4,8,11H2,1-2H3. The van der Waals surface area contributed by atoms with Crippen molar-refractivity contribution in [3.05, 3.63) is 59.4 Å². The molecule has 0 fully saturated rings. The first-order chi connectivity index (χ1) is 9.67. The molecular formula is C17H21NO2. The Balaban J connectivity index is 1.82. The highest BCUT2D eigenvalue weighted by molar-refractivity contribution is 5.27. The fraction of sp³-hybridized carbons (Fsp3) is 0.353. The van der Waals surface area contributed by atoms with Gasteiger partial charge in [0.15, 0.2) is 0 Å². The first-order valence-electron chi connectivity index (χ1n) is 6.90. The summed E-state index contributed by atoms with van der Waals surface area (Å²) in [7, 11) is 1.66. The van der Waals surface area contributed by atoms with Crippen LogP contribution < -0.4 is 4.74 Å². The van der Waals surface area contributed by atoms with Crippen LogP contribution in [-0.2, 0) is 12.8 Å². The summed E-state index contributed by atoms with van der Waals surface area (Å²) < 4.78 is 5.13. The third kappa shape index (κ3) is 4.35. The number of benzene rings is 1. The van der Waals surface area contributed by atoms with Gasteiger partial charge < -0.3 is 9.84 Å². The summed E-state index contributed by atoms with van der Waals surface area (Å²) >= 11 is 0. The Morgan fingerprint density at radius 1 is 1.15 bits per heavy atom. The Bertz CT molecular complexity index is 520. The van der Waals surface area contributed by atoms with Gasteiger partial charge in [0.05, 0.1) is 13.2 Å². The predicted molar refractivity (Wildman–Crippen MR) is 80.0 cm³/mol. The lowest BCUT2D eigenvalue weighted by Crippen LogP contribution is -2.12. The second kappa shape index (κ2) is 7.06. The highest BCUT2D eigenvalue weighted by atomic mass is 16.5. The molecule has 0 radical (unpaired) electrons. The minimum atomic E-state index is -0.354. The van der Waals surface area contributed by atoms with Gasteiger partial charge in [-0.25, -0.2) is 0 Å². The molecule has 0 aliphatic carbocycles. The summed E-state index contributed by atoms with van der Waals surface area (Å²) in [6, 6.07) is 12.0. The molecule has 2 rings (SSSR count). The molecule has 20 heavy (non-hydrogen) atoms. The molecule has 0 saturated carbocycles. The average Bonchev–Trinajstić information content (AvgIpc) is 2.48. The monoisotopic (exact) mass is 271 g/mol. The van der Waals surface area contributed by atoms with Crippen molar-refractivity contribution in [2.45, 2.75) is 32.3 Å². The Kier molecular flexibility index (Phi) is 5.13.